The number of hydrogen-bond acceptors (Lipinski definition) is 5. The van der Waals surface area contributed by atoms with Crippen molar-refractivity contribution in [3.05, 3.63) is 71.7 Å². The van der Waals surface area contributed by atoms with Crippen LogP contribution in [0.15, 0.2) is 66.0 Å². The topological polar surface area (TPSA) is 68.3 Å². The first-order valence-corrected chi connectivity index (χ1v) is 10.3. The molecule has 25 heavy (non-hydrogen) atoms. The molecule has 0 saturated carbocycles. The maximum Gasteiger partial charge on any atom is 0.215 e. The molecule has 1 N–H and O–H groups in total. The first kappa shape index (κ1) is 17.6. The van der Waals surface area contributed by atoms with Gasteiger partial charge in [0.15, 0.2) is 0 Å². The lowest BCUT2D eigenvalue weighted by Gasteiger charge is -2.07. The molecule has 3 aromatic rings. The highest BCUT2D eigenvalue weighted by molar-refractivity contribution is 7.89. The summed E-state index contributed by atoms with van der Waals surface area (Å²) >= 11 is 1.50. The van der Waals surface area contributed by atoms with E-state index < -0.39 is 10.0 Å². The second-order valence-corrected chi connectivity index (χ2v) is 8.10. The zero-order valence-electron chi connectivity index (χ0n) is 13.5. The van der Waals surface area contributed by atoms with E-state index in [4.69, 9.17) is 4.74 Å². The van der Waals surface area contributed by atoms with Gasteiger partial charge in [-0.15, -0.1) is 11.3 Å². The Morgan fingerprint density at radius 3 is 2.40 bits per heavy atom. The third-order valence-electron chi connectivity index (χ3n) is 3.41. The average Bonchev–Trinajstić information content (AvgIpc) is 3.11. The Bertz CT molecular complexity index is 894. The molecule has 0 spiro atoms. The van der Waals surface area contributed by atoms with Crippen molar-refractivity contribution in [3.63, 3.8) is 0 Å². The Labute approximate surface area is 151 Å². The number of nitrogens with zero attached hydrogens (tertiary/aromatic N) is 1. The Kier molecular flexibility index (Phi) is 5.80. The van der Waals surface area contributed by atoms with Gasteiger partial charge in [-0.3, -0.25) is 0 Å². The fraction of sp³-hybridized carbons (Fsp3) is 0.167. The molecule has 0 aliphatic carbocycles. The molecule has 0 atom stereocenters. The normalized spacial score (nSPS) is 11.4. The minimum atomic E-state index is -3.42. The molecule has 0 aliphatic heterocycles. The quantitative estimate of drug-likeness (QED) is 0.657. The second kappa shape index (κ2) is 8.24. The van der Waals surface area contributed by atoms with E-state index >= 15 is 0 Å². The molecule has 0 fully saturated rings. The van der Waals surface area contributed by atoms with Crippen LogP contribution in [-0.2, 0) is 16.6 Å². The van der Waals surface area contributed by atoms with Crippen molar-refractivity contribution in [1.82, 2.24) is 9.71 Å². The number of thiazole rings is 1. The van der Waals surface area contributed by atoms with Crippen molar-refractivity contribution in [2.75, 3.05) is 12.4 Å². The highest BCUT2D eigenvalue weighted by atomic mass is 32.2. The van der Waals surface area contributed by atoms with E-state index in [1.807, 2.05) is 53.9 Å². The summed E-state index contributed by atoms with van der Waals surface area (Å²) in [6.45, 7) is 0.280. The fourth-order valence-corrected chi connectivity index (χ4v) is 3.78. The highest BCUT2D eigenvalue weighted by Crippen LogP contribution is 2.23. The number of ether oxygens (including phenoxy) is 1. The summed E-state index contributed by atoms with van der Waals surface area (Å²) in [7, 11) is -3.42. The van der Waals surface area contributed by atoms with Gasteiger partial charge in [0, 0.05) is 10.9 Å². The Hall–Kier alpha value is -2.22. The molecule has 2 aromatic carbocycles. The van der Waals surface area contributed by atoms with Crippen LogP contribution in [0.25, 0.3) is 10.6 Å². The molecular weight excluding hydrogens is 356 g/mol. The van der Waals surface area contributed by atoms with Gasteiger partial charge in [0.1, 0.15) is 17.4 Å². The van der Waals surface area contributed by atoms with Crippen LogP contribution in [0.2, 0.25) is 0 Å². The largest absolute Gasteiger partial charge is 0.492 e. The van der Waals surface area contributed by atoms with Crippen LogP contribution in [0.4, 0.5) is 0 Å². The third-order valence-corrected chi connectivity index (χ3v) is 5.64. The molecular formula is C18H18N2O3S2. The van der Waals surface area contributed by atoms with Crippen molar-refractivity contribution in [1.29, 1.82) is 0 Å². The van der Waals surface area contributed by atoms with Gasteiger partial charge in [0.05, 0.1) is 18.0 Å². The lowest BCUT2D eigenvalue weighted by atomic mass is 10.2. The van der Waals surface area contributed by atoms with Crippen LogP contribution in [0.1, 0.15) is 5.69 Å². The van der Waals surface area contributed by atoms with Gasteiger partial charge in [0.2, 0.25) is 10.0 Å². The summed E-state index contributed by atoms with van der Waals surface area (Å²) in [6, 6.07) is 19.0. The third kappa shape index (κ3) is 5.38. The lowest BCUT2D eigenvalue weighted by Crippen LogP contribution is -2.28. The summed E-state index contributed by atoms with van der Waals surface area (Å²) in [5.41, 5.74) is 1.73. The number of benzene rings is 2. The van der Waals surface area contributed by atoms with E-state index in [1.165, 1.54) is 11.3 Å². The predicted octanol–water partition coefficient (Wildman–Crippen LogP) is 3.31. The minimum Gasteiger partial charge on any atom is -0.492 e. The van der Waals surface area contributed by atoms with E-state index in [1.54, 1.807) is 12.1 Å². The van der Waals surface area contributed by atoms with Gasteiger partial charge in [-0.05, 0) is 12.1 Å². The first-order valence-electron chi connectivity index (χ1n) is 7.77. The summed E-state index contributed by atoms with van der Waals surface area (Å²) in [5, 5.41) is 2.74. The molecule has 1 heterocycles. The second-order valence-electron chi connectivity index (χ2n) is 5.31. The van der Waals surface area contributed by atoms with E-state index in [-0.39, 0.29) is 18.9 Å². The molecule has 130 valence electrons. The lowest BCUT2D eigenvalue weighted by molar-refractivity contribution is 0.340. The van der Waals surface area contributed by atoms with Crippen molar-refractivity contribution in [2.24, 2.45) is 0 Å². The highest BCUT2D eigenvalue weighted by Gasteiger charge is 2.12. The van der Waals surface area contributed by atoms with Crippen molar-refractivity contribution >= 4 is 21.4 Å². The summed E-state index contributed by atoms with van der Waals surface area (Å²) in [6.07, 6.45) is 0. The van der Waals surface area contributed by atoms with Crippen molar-refractivity contribution < 1.29 is 13.2 Å². The van der Waals surface area contributed by atoms with Crippen molar-refractivity contribution in [2.45, 2.75) is 6.54 Å². The standard InChI is InChI=1S/C18H18N2O3S2/c21-25(22,12-11-23-17-9-5-2-6-10-17)19-13-16-14-24-18(20-16)15-7-3-1-4-8-15/h1-10,14,19H,11-13H2. The Balaban J connectivity index is 1.50. The predicted molar refractivity (Wildman–Crippen MR) is 100 cm³/mol. The van der Waals surface area contributed by atoms with Crippen LogP contribution < -0.4 is 9.46 Å². The van der Waals surface area contributed by atoms with Gasteiger partial charge in [-0.1, -0.05) is 48.5 Å². The molecule has 3 rings (SSSR count). The van der Waals surface area contributed by atoms with E-state index in [0.29, 0.717) is 11.4 Å². The molecule has 0 radical (unpaired) electrons. The molecule has 1 aromatic heterocycles. The molecule has 0 unspecified atom stereocenters. The zero-order valence-corrected chi connectivity index (χ0v) is 15.1. The van der Waals surface area contributed by atoms with Gasteiger partial charge < -0.3 is 4.74 Å². The smallest absolute Gasteiger partial charge is 0.215 e. The molecule has 5 nitrogen and oxygen atoms in total. The number of nitrogens with one attached hydrogen (secondary N) is 1. The number of hydrogen-bond donors (Lipinski definition) is 1. The molecule has 0 amide bonds. The minimum absolute atomic E-state index is 0.0996. The monoisotopic (exact) mass is 374 g/mol. The maximum absolute atomic E-state index is 12.1. The van der Waals surface area contributed by atoms with E-state index in [2.05, 4.69) is 9.71 Å². The molecule has 7 heteroatoms. The Morgan fingerprint density at radius 1 is 1.00 bits per heavy atom. The SMILES string of the molecule is O=S(=O)(CCOc1ccccc1)NCc1csc(-c2ccccc2)n1. The first-order chi connectivity index (χ1) is 12.1. The number of rotatable bonds is 8. The van der Waals surface area contributed by atoms with Crippen LogP contribution in [0.3, 0.4) is 0 Å². The van der Waals surface area contributed by atoms with Crippen molar-refractivity contribution in [3.8, 4) is 16.3 Å². The maximum atomic E-state index is 12.1. The number of sulfonamides is 1. The van der Waals surface area contributed by atoms with Crippen LogP contribution in [0.5, 0.6) is 5.75 Å². The summed E-state index contributed by atoms with van der Waals surface area (Å²) in [5.74, 6) is 0.558. The van der Waals surface area contributed by atoms with Crippen LogP contribution >= 0.6 is 11.3 Å². The van der Waals surface area contributed by atoms with Crippen LogP contribution in [-0.4, -0.2) is 25.8 Å². The van der Waals surface area contributed by atoms with Gasteiger partial charge in [-0.2, -0.15) is 0 Å². The fourth-order valence-electron chi connectivity index (χ4n) is 2.14. The average molecular weight is 374 g/mol. The molecule has 0 bridgehead atoms. The number of aromatic nitrogens is 1. The van der Waals surface area contributed by atoms with Gasteiger partial charge in [-0.25, -0.2) is 18.1 Å². The van der Waals surface area contributed by atoms with Gasteiger partial charge in [0.25, 0.3) is 0 Å². The van der Waals surface area contributed by atoms with E-state index in [0.717, 1.165) is 10.6 Å². The number of para-hydroxylation sites is 1. The Morgan fingerprint density at radius 2 is 1.68 bits per heavy atom. The van der Waals surface area contributed by atoms with Gasteiger partial charge >= 0.3 is 0 Å². The molecule has 0 aliphatic rings. The van der Waals surface area contributed by atoms with E-state index in [9.17, 15) is 8.42 Å². The summed E-state index contributed by atoms with van der Waals surface area (Å²) < 4.78 is 32.1. The summed E-state index contributed by atoms with van der Waals surface area (Å²) in [4.78, 5) is 4.47. The zero-order chi connectivity index (χ0) is 17.5. The molecule has 0 saturated heterocycles. The van der Waals surface area contributed by atoms with Crippen LogP contribution in [0, 0.1) is 0 Å².